The number of fused-ring (bicyclic) bond motifs is 1. The van der Waals surface area contributed by atoms with Crippen LogP contribution in [0, 0.1) is 0 Å². The molecule has 0 saturated carbocycles. The van der Waals surface area contributed by atoms with Crippen LogP contribution in [0.4, 0.5) is 0 Å². The zero-order chi connectivity index (χ0) is 9.42. The monoisotopic (exact) mass is 162 g/mol. The van der Waals surface area contributed by atoms with Gasteiger partial charge in [-0.15, -0.1) is 0 Å². The Hall–Kier alpha value is -1.31. The van der Waals surface area contributed by atoms with E-state index in [0.717, 1.165) is 11.1 Å². The van der Waals surface area contributed by atoms with Crippen molar-refractivity contribution >= 4 is 5.52 Å². The van der Waals surface area contributed by atoms with E-state index in [1.807, 2.05) is 18.5 Å². The minimum Gasteiger partial charge on any atom is -0.241 e. The third kappa shape index (κ3) is 0.998. The standard InChI is InChI=1S/C10H12N2/c1-8(2)9-7-11-12-6-4-3-5-10(9)12/h3-8H,1-2H3/i5T. The molecule has 0 aliphatic rings. The second-order valence-electron chi connectivity index (χ2n) is 3.20. The Morgan fingerprint density at radius 2 is 2.33 bits per heavy atom. The summed E-state index contributed by atoms with van der Waals surface area (Å²) < 4.78 is 9.52. The Kier molecular flexibility index (Phi) is 1.36. The molecule has 0 aromatic carbocycles. The van der Waals surface area contributed by atoms with Crippen molar-refractivity contribution in [3.63, 3.8) is 0 Å². The Bertz CT molecular complexity index is 431. The van der Waals surface area contributed by atoms with E-state index in [9.17, 15) is 0 Å². The Balaban J connectivity index is 2.79. The van der Waals surface area contributed by atoms with Crippen LogP contribution in [0.3, 0.4) is 0 Å². The Morgan fingerprint density at radius 3 is 3.08 bits per heavy atom. The van der Waals surface area contributed by atoms with Crippen molar-refractivity contribution in [3.05, 3.63) is 36.1 Å². The van der Waals surface area contributed by atoms with Crippen LogP contribution >= 0.6 is 0 Å². The van der Waals surface area contributed by atoms with Crippen LogP contribution in [0.2, 0.25) is 0 Å². The summed E-state index contributed by atoms with van der Waals surface area (Å²) >= 11 is 0. The first kappa shape index (κ1) is 6.23. The van der Waals surface area contributed by atoms with Gasteiger partial charge in [0, 0.05) is 11.8 Å². The van der Waals surface area contributed by atoms with Crippen molar-refractivity contribution in [2.24, 2.45) is 0 Å². The van der Waals surface area contributed by atoms with Crippen molar-refractivity contribution in [1.29, 1.82) is 0 Å². The highest BCUT2D eigenvalue weighted by Crippen LogP contribution is 2.19. The Labute approximate surface area is 73.2 Å². The van der Waals surface area contributed by atoms with Crippen LogP contribution in [0.1, 0.15) is 26.7 Å². The Morgan fingerprint density at radius 1 is 1.50 bits per heavy atom. The van der Waals surface area contributed by atoms with Gasteiger partial charge in [-0.25, -0.2) is 4.52 Å². The molecule has 2 rings (SSSR count). The zero-order valence-corrected chi connectivity index (χ0v) is 7.28. The van der Waals surface area contributed by atoms with E-state index in [0.29, 0.717) is 12.0 Å². The topological polar surface area (TPSA) is 17.3 Å². The van der Waals surface area contributed by atoms with Crippen LogP contribution in [0.5, 0.6) is 0 Å². The summed E-state index contributed by atoms with van der Waals surface area (Å²) in [6, 6.07) is 4.18. The van der Waals surface area contributed by atoms with Crippen LogP contribution < -0.4 is 0 Å². The molecule has 0 radical (unpaired) electrons. The maximum Gasteiger partial charge on any atom is 0.0696 e. The first-order chi connectivity index (χ1) is 6.20. The van der Waals surface area contributed by atoms with Gasteiger partial charge in [-0.3, -0.25) is 0 Å². The van der Waals surface area contributed by atoms with Gasteiger partial charge in [0.1, 0.15) is 0 Å². The molecule has 0 saturated heterocycles. The predicted octanol–water partition coefficient (Wildman–Crippen LogP) is 2.46. The van der Waals surface area contributed by atoms with Gasteiger partial charge in [-0.1, -0.05) is 19.9 Å². The lowest BCUT2D eigenvalue weighted by Gasteiger charge is -2.00. The molecule has 0 atom stereocenters. The van der Waals surface area contributed by atoms with Crippen molar-refractivity contribution in [3.8, 4) is 0 Å². The average molecular weight is 162 g/mol. The van der Waals surface area contributed by atoms with Gasteiger partial charge in [0.2, 0.25) is 0 Å². The molecule has 0 spiro atoms. The molecule has 0 amide bonds. The molecule has 2 heteroatoms. The van der Waals surface area contributed by atoms with E-state index in [1.165, 1.54) is 0 Å². The lowest BCUT2D eigenvalue weighted by Crippen LogP contribution is -1.87. The molecule has 2 nitrogen and oxygen atoms in total. The van der Waals surface area contributed by atoms with Crippen LogP contribution in [0.15, 0.2) is 30.6 Å². The van der Waals surface area contributed by atoms with Crippen molar-refractivity contribution in [2.45, 2.75) is 19.8 Å². The van der Waals surface area contributed by atoms with Crippen molar-refractivity contribution < 1.29 is 1.37 Å². The molecular formula is C10H12N2. The molecule has 2 heterocycles. The largest absolute Gasteiger partial charge is 0.241 e. The van der Waals surface area contributed by atoms with Gasteiger partial charge in [-0.05, 0) is 18.0 Å². The summed E-state index contributed by atoms with van der Waals surface area (Å²) in [6.07, 6.45) is 3.72. The molecule has 0 unspecified atom stereocenters. The molecular weight excluding hydrogens is 148 g/mol. The third-order valence-corrected chi connectivity index (χ3v) is 1.99. The van der Waals surface area contributed by atoms with E-state index in [-0.39, 0.29) is 0 Å². The molecule has 62 valence electrons. The lowest BCUT2D eigenvalue weighted by atomic mass is 10.1. The molecule has 0 fully saturated rings. The minimum absolute atomic E-state index is 0.420. The van der Waals surface area contributed by atoms with Crippen LogP contribution in [-0.4, -0.2) is 9.61 Å². The van der Waals surface area contributed by atoms with E-state index in [2.05, 4.69) is 18.9 Å². The highest BCUT2D eigenvalue weighted by Gasteiger charge is 2.05. The normalized spacial score (nSPS) is 12.4. The minimum atomic E-state index is 0.420. The number of pyridine rings is 1. The highest BCUT2D eigenvalue weighted by atomic mass is 15.2. The van der Waals surface area contributed by atoms with Crippen LogP contribution in [-0.2, 0) is 0 Å². The molecule has 12 heavy (non-hydrogen) atoms. The summed E-state index contributed by atoms with van der Waals surface area (Å²) in [4.78, 5) is 0. The smallest absolute Gasteiger partial charge is 0.0696 e. The maximum atomic E-state index is 7.75. The summed E-state index contributed by atoms with van der Waals surface area (Å²) in [5.41, 5.74) is 2.07. The fraction of sp³-hybridized carbons (Fsp3) is 0.300. The molecule has 0 aliphatic carbocycles. The lowest BCUT2D eigenvalue weighted by molar-refractivity contribution is 0.875. The van der Waals surface area contributed by atoms with E-state index in [1.54, 1.807) is 10.6 Å². The second-order valence-corrected chi connectivity index (χ2v) is 3.20. The van der Waals surface area contributed by atoms with E-state index >= 15 is 0 Å². The highest BCUT2D eigenvalue weighted by molar-refractivity contribution is 5.54. The molecule has 0 N–H and O–H groups in total. The number of hydrogen-bond acceptors (Lipinski definition) is 1. The third-order valence-electron chi connectivity index (χ3n) is 1.99. The predicted molar refractivity (Wildman–Crippen MR) is 49.3 cm³/mol. The fourth-order valence-corrected chi connectivity index (χ4v) is 1.31. The summed E-state index contributed by atoms with van der Waals surface area (Å²) in [6.45, 7) is 4.23. The second kappa shape index (κ2) is 2.63. The van der Waals surface area contributed by atoms with E-state index < -0.39 is 0 Å². The van der Waals surface area contributed by atoms with Crippen LogP contribution in [0.25, 0.3) is 5.52 Å². The van der Waals surface area contributed by atoms with Gasteiger partial charge < -0.3 is 0 Å². The molecule has 0 bridgehead atoms. The summed E-state index contributed by atoms with van der Waals surface area (Å²) in [5, 5.41) is 4.20. The van der Waals surface area contributed by atoms with Gasteiger partial charge >= 0.3 is 0 Å². The average Bonchev–Trinajstić information content (AvgIpc) is 2.49. The summed E-state index contributed by atoms with van der Waals surface area (Å²) in [5.74, 6) is 0.420. The van der Waals surface area contributed by atoms with Gasteiger partial charge in [0.25, 0.3) is 0 Å². The quantitative estimate of drug-likeness (QED) is 0.629. The number of hydrogen-bond donors (Lipinski definition) is 0. The SMILES string of the molecule is [3H]c1cccn2ncc(C(C)C)c12. The molecule has 2 aromatic heterocycles. The fourth-order valence-electron chi connectivity index (χ4n) is 1.31. The van der Waals surface area contributed by atoms with Crippen molar-refractivity contribution in [1.82, 2.24) is 9.61 Å². The first-order valence-electron chi connectivity index (χ1n) is 4.63. The maximum absolute atomic E-state index is 7.75. The zero-order valence-electron chi connectivity index (χ0n) is 8.28. The number of aromatic nitrogens is 2. The van der Waals surface area contributed by atoms with Gasteiger partial charge in [-0.2, -0.15) is 5.10 Å². The van der Waals surface area contributed by atoms with Crippen molar-refractivity contribution in [2.75, 3.05) is 0 Å². The number of rotatable bonds is 1. The number of nitrogens with zero attached hydrogens (tertiary/aromatic N) is 2. The van der Waals surface area contributed by atoms with Gasteiger partial charge in [0.05, 0.1) is 13.1 Å². The summed E-state index contributed by atoms with van der Waals surface area (Å²) in [7, 11) is 0. The molecule has 2 aromatic rings. The molecule has 0 aliphatic heterocycles. The first-order valence-corrected chi connectivity index (χ1v) is 4.13. The van der Waals surface area contributed by atoms with E-state index in [4.69, 9.17) is 1.37 Å². The van der Waals surface area contributed by atoms with Gasteiger partial charge in [0.15, 0.2) is 0 Å².